The maximum absolute atomic E-state index is 12.3. The molecule has 0 aliphatic heterocycles. The predicted molar refractivity (Wildman–Crippen MR) is 74.3 cm³/mol. The molecule has 2 rings (SSSR count). The zero-order valence-electron chi connectivity index (χ0n) is 8.46. The van der Waals surface area contributed by atoms with Crippen LogP contribution >= 0.6 is 43.2 Å². The zero-order valence-corrected chi connectivity index (χ0v) is 12.4. The molecule has 1 heterocycles. The number of hydrogen-bond donors (Lipinski definition) is 0. The van der Waals surface area contributed by atoms with E-state index in [1.54, 1.807) is 11.3 Å². The monoisotopic (exact) mass is 358 g/mol. The van der Waals surface area contributed by atoms with Gasteiger partial charge < -0.3 is 0 Å². The minimum Gasteiger partial charge on any atom is -0.289 e. The Kier molecular flexibility index (Phi) is 3.62. The average Bonchev–Trinajstić information content (AvgIpc) is 2.58. The van der Waals surface area contributed by atoms with Gasteiger partial charge in [0.25, 0.3) is 0 Å². The summed E-state index contributed by atoms with van der Waals surface area (Å²) in [6.07, 6.45) is 0. The van der Waals surface area contributed by atoms with Gasteiger partial charge in [0, 0.05) is 20.5 Å². The van der Waals surface area contributed by atoms with E-state index < -0.39 is 0 Å². The van der Waals surface area contributed by atoms with Crippen LogP contribution in [0.25, 0.3) is 0 Å². The quantitative estimate of drug-likeness (QED) is 0.703. The molecule has 0 radical (unpaired) electrons. The van der Waals surface area contributed by atoms with E-state index in [9.17, 15) is 4.79 Å². The fraction of sp³-hybridized carbons (Fsp3) is 0.0833. The maximum Gasteiger partial charge on any atom is 0.195 e. The highest BCUT2D eigenvalue weighted by Gasteiger charge is 2.16. The summed E-state index contributed by atoms with van der Waals surface area (Å²) >= 11 is 8.37. The van der Waals surface area contributed by atoms with Crippen molar-refractivity contribution >= 4 is 49.0 Å². The summed E-state index contributed by atoms with van der Waals surface area (Å²) in [4.78, 5) is 13.3. The van der Waals surface area contributed by atoms with Crippen molar-refractivity contribution in [2.75, 3.05) is 0 Å². The molecule has 82 valence electrons. The first-order chi connectivity index (χ1) is 7.59. The minimum absolute atomic E-state index is 0.0620. The Labute approximate surface area is 115 Å². The summed E-state index contributed by atoms with van der Waals surface area (Å²) in [6, 6.07) is 9.36. The molecular weight excluding hydrogens is 352 g/mol. The second-order valence-corrected chi connectivity index (χ2v) is 6.82. The molecule has 4 heteroatoms. The van der Waals surface area contributed by atoms with E-state index in [-0.39, 0.29) is 5.78 Å². The molecule has 16 heavy (non-hydrogen) atoms. The number of carbonyl (C=O) groups excluding carboxylic acids is 1. The smallest absolute Gasteiger partial charge is 0.195 e. The lowest BCUT2D eigenvalue weighted by molar-refractivity contribution is 0.103. The fourth-order valence-corrected chi connectivity index (χ4v) is 3.61. The lowest BCUT2D eigenvalue weighted by atomic mass is 10.0. The lowest BCUT2D eigenvalue weighted by Crippen LogP contribution is -2.01. The largest absolute Gasteiger partial charge is 0.289 e. The van der Waals surface area contributed by atoms with Crippen LogP contribution in [0.3, 0.4) is 0 Å². The van der Waals surface area contributed by atoms with Gasteiger partial charge in [0.2, 0.25) is 0 Å². The number of carbonyl (C=O) groups is 1. The second kappa shape index (κ2) is 4.82. The van der Waals surface area contributed by atoms with E-state index in [1.165, 1.54) is 0 Å². The van der Waals surface area contributed by atoms with Crippen molar-refractivity contribution in [1.82, 2.24) is 0 Å². The third-order valence-corrected chi connectivity index (χ3v) is 4.50. The molecule has 0 fully saturated rings. The average molecular weight is 360 g/mol. The molecule has 0 atom stereocenters. The Balaban J connectivity index is 2.47. The highest BCUT2D eigenvalue weighted by atomic mass is 79.9. The Morgan fingerprint density at radius 2 is 1.88 bits per heavy atom. The van der Waals surface area contributed by atoms with Crippen molar-refractivity contribution in [2.24, 2.45) is 0 Å². The van der Waals surface area contributed by atoms with Crippen LogP contribution in [-0.4, -0.2) is 5.78 Å². The predicted octanol–water partition coefficient (Wildman–Crippen LogP) is 4.81. The summed E-state index contributed by atoms with van der Waals surface area (Å²) in [5.41, 5.74) is 1.47. The Morgan fingerprint density at radius 1 is 1.19 bits per heavy atom. The van der Waals surface area contributed by atoms with Crippen molar-refractivity contribution in [3.8, 4) is 0 Å². The first kappa shape index (κ1) is 12.0. The normalized spacial score (nSPS) is 10.4. The SMILES string of the molecule is Cc1sc(Br)cc1C(=O)c1ccccc1Br. The molecule has 0 bridgehead atoms. The van der Waals surface area contributed by atoms with Gasteiger partial charge in [-0.25, -0.2) is 0 Å². The number of rotatable bonds is 2. The van der Waals surface area contributed by atoms with Gasteiger partial charge in [0.15, 0.2) is 5.78 Å². The highest BCUT2D eigenvalue weighted by Crippen LogP contribution is 2.29. The molecule has 0 spiro atoms. The van der Waals surface area contributed by atoms with Gasteiger partial charge in [-0.1, -0.05) is 28.1 Å². The van der Waals surface area contributed by atoms with Crippen LogP contribution in [0.1, 0.15) is 20.8 Å². The van der Waals surface area contributed by atoms with Crippen LogP contribution in [0.4, 0.5) is 0 Å². The number of hydrogen-bond acceptors (Lipinski definition) is 2. The van der Waals surface area contributed by atoms with Gasteiger partial charge in [-0.05, 0) is 41.1 Å². The molecular formula is C12H8Br2OS. The van der Waals surface area contributed by atoms with Gasteiger partial charge in [-0.15, -0.1) is 11.3 Å². The van der Waals surface area contributed by atoms with E-state index >= 15 is 0 Å². The van der Waals surface area contributed by atoms with E-state index in [0.717, 1.165) is 18.7 Å². The molecule has 1 aromatic heterocycles. The van der Waals surface area contributed by atoms with E-state index in [0.29, 0.717) is 5.56 Å². The summed E-state index contributed by atoms with van der Waals surface area (Å²) in [5.74, 6) is 0.0620. The van der Waals surface area contributed by atoms with Crippen LogP contribution in [0.2, 0.25) is 0 Å². The van der Waals surface area contributed by atoms with Gasteiger partial charge in [-0.2, -0.15) is 0 Å². The topological polar surface area (TPSA) is 17.1 Å². The molecule has 0 saturated heterocycles. The van der Waals surface area contributed by atoms with E-state index in [1.807, 2.05) is 37.3 Å². The summed E-state index contributed by atoms with van der Waals surface area (Å²) in [5, 5.41) is 0. The fourth-order valence-electron chi connectivity index (χ4n) is 1.46. The number of halogens is 2. The van der Waals surface area contributed by atoms with Crippen LogP contribution in [0.5, 0.6) is 0 Å². The van der Waals surface area contributed by atoms with Crippen LogP contribution in [-0.2, 0) is 0 Å². The second-order valence-electron chi connectivity index (χ2n) is 3.33. The number of benzene rings is 1. The molecule has 1 nitrogen and oxygen atoms in total. The van der Waals surface area contributed by atoms with Crippen molar-refractivity contribution in [3.63, 3.8) is 0 Å². The third kappa shape index (κ3) is 2.29. The molecule has 0 amide bonds. The van der Waals surface area contributed by atoms with Crippen LogP contribution < -0.4 is 0 Å². The number of thiophene rings is 1. The molecule has 0 N–H and O–H groups in total. The lowest BCUT2D eigenvalue weighted by Gasteiger charge is -2.02. The molecule has 0 unspecified atom stereocenters. The molecule has 0 aliphatic rings. The summed E-state index contributed by atoms with van der Waals surface area (Å²) < 4.78 is 1.82. The Morgan fingerprint density at radius 3 is 2.44 bits per heavy atom. The van der Waals surface area contributed by atoms with Crippen LogP contribution in [0, 0.1) is 6.92 Å². The molecule has 1 aromatic carbocycles. The maximum atomic E-state index is 12.3. The first-order valence-corrected chi connectivity index (χ1v) is 7.05. The third-order valence-electron chi connectivity index (χ3n) is 2.25. The molecule has 0 saturated carbocycles. The van der Waals surface area contributed by atoms with Crippen molar-refractivity contribution in [1.29, 1.82) is 0 Å². The van der Waals surface area contributed by atoms with Gasteiger partial charge in [-0.3, -0.25) is 4.79 Å². The van der Waals surface area contributed by atoms with Crippen molar-refractivity contribution in [2.45, 2.75) is 6.92 Å². The Bertz CT molecular complexity index is 546. The van der Waals surface area contributed by atoms with Crippen LogP contribution in [0.15, 0.2) is 38.6 Å². The molecule has 2 aromatic rings. The first-order valence-electron chi connectivity index (χ1n) is 4.65. The number of ketones is 1. The van der Waals surface area contributed by atoms with E-state index in [4.69, 9.17) is 0 Å². The minimum atomic E-state index is 0.0620. The van der Waals surface area contributed by atoms with Crippen molar-refractivity contribution < 1.29 is 4.79 Å². The van der Waals surface area contributed by atoms with Crippen molar-refractivity contribution in [3.05, 3.63) is 54.6 Å². The van der Waals surface area contributed by atoms with Gasteiger partial charge in [0.1, 0.15) is 0 Å². The number of aryl methyl sites for hydroxylation is 1. The summed E-state index contributed by atoms with van der Waals surface area (Å²) in [7, 11) is 0. The zero-order chi connectivity index (χ0) is 11.7. The highest BCUT2D eigenvalue weighted by molar-refractivity contribution is 9.11. The van der Waals surface area contributed by atoms with E-state index in [2.05, 4.69) is 31.9 Å². The molecule has 0 aliphatic carbocycles. The standard InChI is InChI=1S/C12H8Br2OS/c1-7-9(6-11(14)16-7)12(15)8-4-2-3-5-10(8)13/h2-6H,1H3. The summed E-state index contributed by atoms with van der Waals surface area (Å²) in [6.45, 7) is 1.96. The van der Waals surface area contributed by atoms with Gasteiger partial charge >= 0.3 is 0 Å². The van der Waals surface area contributed by atoms with Gasteiger partial charge in [0.05, 0.1) is 3.79 Å². The Hall–Kier alpha value is -0.450.